The van der Waals surface area contributed by atoms with E-state index in [9.17, 15) is 20.1 Å². The molecule has 0 amide bonds. The first-order valence-electron chi connectivity index (χ1n) is 9.23. The van der Waals surface area contributed by atoms with Crippen molar-refractivity contribution in [3.05, 3.63) is 12.2 Å². The fourth-order valence-electron chi connectivity index (χ4n) is 4.34. The van der Waals surface area contributed by atoms with Crippen LogP contribution in [0.1, 0.15) is 65.2 Å². The van der Waals surface area contributed by atoms with Gasteiger partial charge in [-0.25, -0.2) is 0 Å². The van der Waals surface area contributed by atoms with Crippen LogP contribution in [0.15, 0.2) is 12.2 Å². The molecule has 2 fully saturated rings. The number of carbonyl (C=O) groups is 1. The Morgan fingerprint density at radius 3 is 2.70 bits per heavy atom. The van der Waals surface area contributed by atoms with Gasteiger partial charge in [-0.15, -0.1) is 0 Å². The van der Waals surface area contributed by atoms with Gasteiger partial charge in [0.1, 0.15) is 5.60 Å². The van der Waals surface area contributed by atoms with Crippen LogP contribution in [0.25, 0.3) is 0 Å². The minimum absolute atomic E-state index is 0.0933. The highest BCUT2D eigenvalue weighted by molar-refractivity contribution is 5.96. The number of Topliss-reactive ketones (excluding diaryl/α,β-unsaturated/α-hetero) is 1. The molecule has 0 radical (unpaired) electrons. The van der Waals surface area contributed by atoms with Crippen molar-refractivity contribution in [2.45, 2.75) is 83.0 Å². The van der Waals surface area contributed by atoms with Crippen LogP contribution in [0.3, 0.4) is 0 Å². The topological polar surface area (TPSA) is 77.8 Å². The number of ketones is 1. The summed E-state index contributed by atoms with van der Waals surface area (Å²) in [6.07, 6.45) is 9.85. The minimum Gasteiger partial charge on any atom is -0.393 e. The number of aliphatic hydroxyl groups is 3. The molecule has 0 spiro atoms. The van der Waals surface area contributed by atoms with Crippen molar-refractivity contribution in [1.29, 1.82) is 0 Å². The second-order valence-electron chi connectivity index (χ2n) is 7.44. The molecule has 2 aliphatic rings. The van der Waals surface area contributed by atoms with Crippen LogP contribution in [0.4, 0.5) is 0 Å². The number of aliphatic hydroxyl groups excluding tert-OH is 2. The van der Waals surface area contributed by atoms with Gasteiger partial charge >= 0.3 is 0 Å². The number of carbonyl (C=O) groups excluding carboxylic acids is 1. The molecule has 0 saturated heterocycles. The van der Waals surface area contributed by atoms with Crippen molar-refractivity contribution >= 4 is 5.78 Å². The first-order valence-corrected chi connectivity index (χ1v) is 9.23. The van der Waals surface area contributed by atoms with Gasteiger partial charge < -0.3 is 15.3 Å². The van der Waals surface area contributed by atoms with Crippen LogP contribution in [0.2, 0.25) is 0 Å². The van der Waals surface area contributed by atoms with Crippen molar-refractivity contribution in [2.75, 3.05) is 0 Å². The van der Waals surface area contributed by atoms with Crippen LogP contribution in [0.5, 0.6) is 0 Å². The van der Waals surface area contributed by atoms with Crippen molar-refractivity contribution < 1.29 is 20.1 Å². The van der Waals surface area contributed by atoms with Gasteiger partial charge in [0.05, 0.1) is 12.2 Å². The third-order valence-electron chi connectivity index (χ3n) is 5.77. The molecule has 0 bridgehead atoms. The monoisotopic (exact) mass is 324 g/mol. The molecule has 0 aliphatic heterocycles. The number of hydrogen-bond donors (Lipinski definition) is 3. The van der Waals surface area contributed by atoms with Crippen LogP contribution < -0.4 is 0 Å². The molecule has 4 nitrogen and oxygen atoms in total. The molecule has 6 atom stereocenters. The molecule has 4 heteroatoms. The van der Waals surface area contributed by atoms with E-state index >= 15 is 0 Å². The summed E-state index contributed by atoms with van der Waals surface area (Å²) in [5.41, 5.74) is -1.25. The van der Waals surface area contributed by atoms with E-state index in [1.165, 1.54) is 19.3 Å². The average Bonchev–Trinajstić information content (AvgIpc) is 2.54. The molecule has 1 unspecified atom stereocenters. The van der Waals surface area contributed by atoms with Crippen molar-refractivity contribution in [3.63, 3.8) is 0 Å². The Hall–Kier alpha value is -0.710. The van der Waals surface area contributed by atoms with E-state index in [1.54, 1.807) is 6.08 Å². The summed E-state index contributed by atoms with van der Waals surface area (Å²) in [6.45, 7) is 4.00. The van der Waals surface area contributed by atoms with Gasteiger partial charge in [-0.1, -0.05) is 58.1 Å². The Morgan fingerprint density at radius 2 is 2.00 bits per heavy atom. The van der Waals surface area contributed by atoms with Crippen molar-refractivity contribution in [3.8, 4) is 0 Å². The molecule has 2 saturated carbocycles. The Bertz CT molecular complexity index is 433. The number of unbranched alkanes of at least 4 members (excludes halogenated alkanes) is 4. The highest BCUT2D eigenvalue weighted by Gasteiger charge is 2.63. The third kappa shape index (κ3) is 3.86. The maximum absolute atomic E-state index is 11.9. The van der Waals surface area contributed by atoms with Gasteiger partial charge in [0.15, 0.2) is 5.78 Å². The van der Waals surface area contributed by atoms with E-state index in [1.807, 2.05) is 13.0 Å². The molecule has 2 aliphatic carbocycles. The first-order chi connectivity index (χ1) is 10.9. The van der Waals surface area contributed by atoms with Gasteiger partial charge in [-0.3, -0.25) is 4.79 Å². The smallest absolute Gasteiger partial charge is 0.167 e. The summed E-state index contributed by atoms with van der Waals surface area (Å²) in [4.78, 5) is 11.9. The average molecular weight is 324 g/mol. The lowest BCUT2D eigenvalue weighted by Gasteiger charge is -2.56. The summed E-state index contributed by atoms with van der Waals surface area (Å²) in [7, 11) is 0. The maximum Gasteiger partial charge on any atom is 0.167 e. The lowest BCUT2D eigenvalue weighted by atomic mass is 9.50. The van der Waals surface area contributed by atoms with E-state index in [2.05, 4.69) is 6.92 Å². The van der Waals surface area contributed by atoms with Gasteiger partial charge in [-0.05, 0) is 19.3 Å². The number of fused-ring (bicyclic) bond motifs is 1. The predicted octanol–water partition coefficient (Wildman–Crippen LogP) is 2.60. The van der Waals surface area contributed by atoms with Crippen LogP contribution in [-0.4, -0.2) is 38.9 Å². The molecule has 0 heterocycles. The Labute approximate surface area is 139 Å². The lowest BCUT2D eigenvalue weighted by Crippen LogP contribution is -2.68. The molecule has 0 aromatic heterocycles. The van der Waals surface area contributed by atoms with Gasteiger partial charge in [0, 0.05) is 17.8 Å². The Morgan fingerprint density at radius 1 is 1.30 bits per heavy atom. The Kier molecular flexibility index (Phi) is 6.40. The van der Waals surface area contributed by atoms with Gasteiger partial charge in [-0.2, -0.15) is 0 Å². The highest BCUT2D eigenvalue weighted by Crippen LogP contribution is 2.52. The number of hydrogen-bond acceptors (Lipinski definition) is 4. The standard InChI is InChI=1S/C19H32O4/c1-3-4-5-6-7-8-14(20)9-10-15-16(21)11-12-19(23)17(15)13(2)18(19)22/h9-10,13-17,20-21,23H,3-8,11-12H2,1-2H3/b10-9+/t13?,14-,15+,16-,17-,19-/m0/s1. The molecule has 132 valence electrons. The molecule has 3 N–H and O–H groups in total. The van der Waals surface area contributed by atoms with Gasteiger partial charge in [0.2, 0.25) is 0 Å². The zero-order chi connectivity index (χ0) is 17.0. The maximum atomic E-state index is 11.9. The van der Waals surface area contributed by atoms with Gasteiger partial charge in [0.25, 0.3) is 0 Å². The lowest BCUT2D eigenvalue weighted by molar-refractivity contribution is -0.197. The van der Waals surface area contributed by atoms with E-state index in [0.717, 1.165) is 19.3 Å². The van der Waals surface area contributed by atoms with E-state index in [4.69, 9.17) is 0 Å². The number of rotatable bonds is 8. The molecular formula is C19H32O4. The summed E-state index contributed by atoms with van der Waals surface area (Å²) in [5.74, 6) is -0.761. The molecule has 0 aromatic rings. The normalized spacial score (nSPS) is 38.4. The molecule has 23 heavy (non-hydrogen) atoms. The molecule has 0 aromatic carbocycles. The van der Waals surface area contributed by atoms with Crippen molar-refractivity contribution in [1.82, 2.24) is 0 Å². The first kappa shape index (κ1) is 18.6. The van der Waals surface area contributed by atoms with Crippen LogP contribution in [-0.2, 0) is 4.79 Å². The van der Waals surface area contributed by atoms with Crippen LogP contribution >= 0.6 is 0 Å². The molecule has 2 rings (SSSR count). The SMILES string of the molecule is CCCCCCC[C@H](O)/C=C/[C@@H]1[C@@H](O)CC[C@@]2(O)C(=O)C(C)[C@@H]12. The van der Waals surface area contributed by atoms with E-state index in [0.29, 0.717) is 12.8 Å². The van der Waals surface area contributed by atoms with E-state index < -0.39 is 17.8 Å². The zero-order valence-electron chi connectivity index (χ0n) is 14.4. The molecular weight excluding hydrogens is 292 g/mol. The van der Waals surface area contributed by atoms with Crippen molar-refractivity contribution in [2.24, 2.45) is 17.8 Å². The largest absolute Gasteiger partial charge is 0.393 e. The fourth-order valence-corrected chi connectivity index (χ4v) is 4.34. The third-order valence-corrected chi connectivity index (χ3v) is 5.77. The quantitative estimate of drug-likeness (QED) is 0.474. The summed E-state index contributed by atoms with van der Waals surface area (Å²) < 4.78 is 0. The predicted molar refractivity (Wildman–Crippen MR) is 89.9 cm³/mol. The zero-order valence-corrected chi connectivity index (χ0v) is 14.4. The summed E-state index contributed by atoms with van der Waals surface area (Å²) in [5, 5.41) is 30.8. The Balaban J connectivity index is 1.86. The van der Waals surface area contributed by atoms with Crippen LogP contribution in [0, 0.1) is 17.8 Å². The fraction of sp³-hybridized carbons (Fsp3) is 0.842. The summed E-state index contributed by atoms with van der Waals surface area (Å²) >= 11 is 0. The second-order valence-corrected chi connectivity index (χ2v) is 7.44. The summed E-state index contributed by atoms with van der Waals surface area (Å²) in [6, 6.07) is 0. The highest BCUT2D eigenvalue weighted by atomic mass is 16.3. The minimum atomic E-state index is -1.25. The second kappa shape index (κ2) is 7.91. The van der Waals surface area contributed by atoms with E-state index in [-0.39, 0.29) is 23.5 Å².